The summed E-state index contributed by atoms with van der Waals surface area (Å²) in [5, 5.41) is 8.80. The smallest absolute Gasteiger partial charge is 0.335 e. The van der Waals surface area contributed by atoms with E-state index < -0.39 is 12.4 Å². The van der Waals surface area contributed by atoms with Gasteiger partial charge in [0.05, 0.1) is 5.56 Å². The van der Waals surface area contributed by atoms with Gasteiger partial charge in [0.1, 0.15) is 0 Å². The molecular formula is C14H9BrF2O2. The molecule has 0 saturated carbocycles. The van der Waals surface area contributed by atoms with Crippen LogP contribution >= 0.6 is 15.9 Å². The highest BCUT2D eigenvalue weighted by molar-refractivity contribution is 9.10. The molecule has 0 radical (unpaired) electrons. The summed E-state index contributed by atoms with van der Waals surface area (Å²) in [6, 6.07) is 10.8. The third-order valence-corrected chi connectivity index (χ3v) is 3.39. The van der Waals surface area contributed by atoms with Crippen molar-refractivity contribution < 1.29 is 18.7 Å². The Morgan fingerprint density at radius 3 is 2.11 bits per heavy atom. The van der Waals surface area contributed by atoms with E-state index in [9.17, 15) is 13.6 Å². The van der Waals surface area contributed by atoms with E-state index in [2.05, 4.69) is 15.9 Å². The average molecular weight is 327 g/mol. The van der Waals surface area contributed by atoms with Crippen molar-refractivity contribution in [2.45, 2.75) is 6.43 Å². The molecule has 2 nitrogen and oxygen atoms in total. The molecular weight excluding hydrogens is 318 g/mol. The molecule has 0 aromatic heterocycles. The maximum Gasteiger partial charge on any atom is 0.335 e. The zero-order valence-corrected chi connectivity index (χ0v) is 11.2. The normalized spacial score (nSPS) is 10.7. The molecule has 0 saturated heterocycles. The predicted molar refractivity (Wildman–Crippen MR) is 71.5 cm³/mol. The summed E-state index contributed by atoms with van der Waals surface area (Å²) < 4.78 is 25.6. The first-order valence-electron chi connectivity index (χ1n) is 5.40. The van der Waals surface area contributed by atoms with Gasteiger partial charge in [-0.3, -0.25) is 0 Å². The summed E-state index contributed by atoms with van der Waals surface area (Å²) in [7, 11) is 0. The number of hydrogen-bond donors (Lipinski definition) is 1. The van der Waals surface area contributed by atoms with Gasteiger partial charge in [-0.1, -0.05) is 40.2 Å². The Labute approximate surface area is 116 Å². The largest absolute Gasteiger partial charge is 0.478 e. The summed E-state index contributed by atoms with van der Waals surface area (Å²) in [4.78, 5) is 10.7. The van der Waals surface area contributed by atoms with E-state index in [0.29, 0.717) is 4.47 Å². The number of hydrogen-bond acceptors (Lipinski definition) is 1. The quantitative estimate of drug-likeness (QED) is 0.883. The lowest BCUT2D eigenvalue weighted by Crippen LogP contribution is -1.95. The number of carboxylic acids is 1. The van der Waals surface area contributed by atoms with Crippen molar-refractivity contribution in [1.29, 1.82) is 0 Å². The SMILES string of the molecule is O=C(O)c1ccc(-c2ccc(C(F)F)c(Br)c2)cc1. The minimum Gasteiger partial charge on any atom is -0.478 e. The number of aromatic carboxylic acids is 1. The second-order valence-electron chi connectivity index (χ2n) is 3.92. The number of rotatable bonds is 3. The fourth-order valence-electron chi connectivity index (χ4n) is 1.69. The Hall–Kier alpha value is -1.75. The minimum absolute atomic E-state index is 0.0640. The highest BCUT2D eigenvalue weighted by Crippen LogP contribution is 2.31. The third-order valence-electron chi connectivity index (χ3n) is 2.70. The van der Waals surface area contributed by atoms with Gasteiger partial charge in [0.2, 0.25) is 0 Å². The first-order valence-corrected chi connectivity index (χ1v) is 6.19. The Bertz CT molecular complexity index is 609. The molecule has 0 aliphatic heterocycles. The Morgan fingerprint density at radius 2 is 1.63 bits per heavy atom. The zero-order valence-electron chi connectivity index (χ0n) is 9.61. The number of carboxylic acid groups (broad SMARTS) is 1. The lowest BCUT2D eigenvalue weighted by Gasteiger charge is -2.07. The van der Waals surface area contributed by atoms with Crippen LogP contribution in [0.4, 0.5) is 8.78 Å². The van der Waals surface area contributed by atoms with Gasteiger partial charge in [-0.05, 0) is 29.3 Å². The fourth-order valence-corrected chi connectivity index (χ4v) is 2.24. The number of halogens is 3. The van der Waals surface area contributed by atoms with Gasteiger partial charge in [0.25, 0.3) is 6.43 Å². The number of carbonyl (C=O) groups is 1. The Morgan fingerprint density at radius 1 is 1.05 bits per heavy atom. The Balaban J connectivity index is 2.37. The van der Waals surface area contributed by atoms with Crippen LogP contribution in [0.5, 0.6) is 0 Å². The van der Waals surface area contributed by atoms with Gasteiger partial charge in [-0.25, -0.2) is 13.6 Å². The maximum absolute atomic E-state index is 12.6. The molecule has 5 heteroatoms. The average Bonchev–Trinajstić information content (AvgIpc) is 2.38. The van der Waals surface area contributed by atoms with Crippen LogP contribution in [0.3, 0.4) is 0 Å². The van der Waals surface area contributed by atoms with Crippen molar-refractivity contribution in [3.05, 3.63) is 58.1 Å². The topological polar surface area (TPSA) is 37.3 Å². The molecule has 0 heterocycles. The van der Waals surface area contributed by atoms with Crippen molar-refractivity contribution in [3.8, 4) is 11.1 Å². The molecule has 0 atom stereocenters. The van der Waals surface area contributed by atoms with Gasteiger partial charge in [0.15, 0.2) is 0 Å². The van der Waals surface area contributed by atoms with Crippen LogP contribution in [0.1, 0.15) is 22.3 Å². The molecule has 0 fully saturated rings. The highest BCUT2D eigenvalue weighted by Gasteiger charge is 2.12. The summed E-state index contributed by atoms with van der Waals surface area (Å²) >= 11 is 3.11. The number of benzene rings is 2. The van der Waals surface area contributed by atoms with E-state index in [-0.39, 0.29) is 11.1 Å². The second kappa shape index (κ2) is 5.48. The standard InChI is InChI=1S/C14H9BrF2O2/c15-12-7-10(5-6-11(12)13(16)17)8-1-3-9(4-2-8)14(18)19/h1-7,13H,(H,18,19). The fraction of sp³-hybridized carbons (Fsp3) is 0.0714. The Kier molecular flexibility index (Phi) is 3.95. The third kappa shape index (κ3) is 2.98. The van der Waals surface area contributed by atoms with Crippen LogP contribution < -0.4 is 0 Å². The van der Waals surface area contributed by atoms with Crippen molar-refractivity contribution in [2.75, 3.05) is 0 Å². The molecule has 0 unspecified atom stereocenters. The number of alkyl halides is 2. The van der Waals surface area contributed by atoms with Gasteiger partial charge in [-0.2, -0.15) is 0 Å². The molecule has 1 N–H and O–H groups in total. The van der Waals surface area contributed by atoms with Crippen molar-refractivity contribution in [2.24, 2.45) is 0 Å². The molecule has 2 aromatic rings. The predicted octanol–water partition coefficient (Wildman–Crippen LogP) is 4.75. The molecule has 19 heavy (non-hydrogen) atoms. The van der Waals surface area contributed by atoms with Gasteiger partial charge < -0.3 is 5.11 Å². The first kappa shape index (κ1) is 13.7. The van der Waals surface area contributed by atoms with Crippen molar-refractivity contribution >= 4 is 21.9 Å². The molecule has 0 bridgehead atoms. The summed E-state index contributed by atoms with van der Waals surface area (Å²) in [6.07, 6.45) is -2.53. The lowest BCUT2D eigenvalue weighted by atomic mass is 10.0. The van der Waals surface area contributed by atoms with Gasteiger partial charge >= 0.3 is 5.97 Å². The van der Waals surface area contributed by atoms with Crippen LogP contribution in [-0.4, -0.2) is 11.1 Å². The van der Waals surface area contributed by atoms with Crippen LogP contribution in [0, 0.1) is 0 Å². The molecule has 0 aliphatic rings. The van der Waals surface area contributed by atoms with Gasteiger partial charge in [0, 0.05) is 10.0 Å². The molecule has 98 valence electrons. The zero-order chi connectivity index (χ0) is 14.0. The summed E-state index contributed by atoms with van der Waals surface area (Å²) in [5.74, 6) is -0.999. The first-order chi connectivity index (χ1) is 8.99. The maximum atomic E-state index is 12.6. The molecule has 2 rings (SSSR count). The van der Waals surface area contributed by atoms with E-state index >= 15 is 0 Å². The molecule has 0 spiro atoms. The van der Waals surface area contributed by atoms with Crippen LogP contribution in [0.2, 0.25) is 0 Å². The monoisotopic (exact) mass is 326 g/mol. The molecule has 0 aliphatic carbocycles. The summed E-state index contributed by atoms with van der Waals surface area (Å²) in [6.45, 7) is 0. The van der Waals surface area contributed by atoms with E-state index in [4.69, 9.17) is 5.11 Å². The van der Waals surface area contributed by atoms with E-state index in [1.807, 2.05) is 0 Å². The van der Waals surface area contributed by atoms with E-state index in [1.165, 1.54) is 18.2 Å². The molecule has 0 amide bonds. The van der Waals surface area contributed by atoms with Crippen LogP contribution in [0.15, 0.2) is 46.9 Å². The molecule has 2 aromatic carbocycles. The summed E-state index contributed by atoms with van der Waals surface area (Å²) in [5.41, 5.74) is 1.64. The minimum atomic E-state index is -2.53. The highest BCUT2D eigenvalue weighted by atomic mass is 79.9. The lowest BCUT2D eigenvalue weighted by molar-refractivity contribution is 0.0697. The van der Waals surface area contributed by atoms with E-state index in [0.717, 1.165) is 11.1 Å². The van der Waals surface area contributed by atoms with Gasteiger partial charge in [-0.15, -0.1) is 0 Å². The van der Waals surface area contributed by atoms with Crippen LogP contribution in [-0.2, 0) is 0 Å². The van der Waals surface area contributed by atoms with Crippen LogP contribution in [0.25, 0.3) is 11.1 Å². The van der Waals surface area contributed by atoms with E-state index in [1.54, 1.807) is 24.3 Å². The second-order valence-corrected chi connectivity index (χ2v) is 4.77. The van der Waals surface area contributed by atoms with Crippen molar-refractivity contribution in [3.63, 3.8) is 0 Å². The van der Waals surface area contributed by atoms with Crippen molar-refractivity contribution in [1.82, 2.24) is 0 Å².